The van der Waals surface area contributed by atoms with Gasteiger partial charge in [0.05, 0.1) is 0 Å². The molecule has 0 aromatic carbocycles. The van der Waals surface area contributed by atoms with Crippen LogP contribution in [0.4, 0.5) is 0 Å². The van der Waals surface area contributed by atoms with Crippen LogP contribution < -0.4 is 0 Å². The Labute approximate surface area is 85.4 Å². The molecule has 1 saturated carbocycles. The molecular formula is C11H24BP+. The lowest BCUT2D eigenvalue weighted by Crippen LogP contribution is -2.09. The molecule has 0 N–H and O–H groups in total. The van der Waals surface area contributed by atoms with Crippen LogP contribution in [-0.4, -0.2) is 27.0 Å². The zero-order valence-electron chi connectivity index (χ0n) is 9.55. The molecule has 0 nitrogen and oxygen atoms in total. The van der Waals surface area contributed by atoms with E-state index in [0.29, 0.717) is 0 Å². The summed E-state index contributed by atoms with van der Waals surface area (Å²) >= 11 is 0. The Hall–Kier alpha value is 0.495. The van der Waals surface area contributed by atoms with Gasteiger partial charge in [0, 0.05) is 20.0 Å². The third kappa shape index (κ3) is 5.73. The molecule has 13 heavy (non-hydrogen) atoms. The van der Waals surface area contributed by atoms with E-state index < -0.39 is 7.14 Å². The molecule has 1 radical (unpaired) electrons. The van der Waals surface area contributed by atoms with E-state index >= 15 is 0 Å². The Morgan fingerprint density at radius 2 is 1.31 bits per heavy atom. The van der Waals surface area contributed by atoms with Gasteiger partial charge in [-0.3, -0.25) is 0 Å². The van der Waals surface area contributed by atoms with E-state index in [2.05, 4.69) is 27.0 Å². The van der Waals surface area contributed by atoms with Crippen molar-refractivity contribution in [2.75, 3.05) is 20.0 Å². The Bertz CT molecular complexity index is 132. The monoisotopic (exact) mass is 198 g/mol. The van der Waals surface area contributed by atoms with Crippen molar-refractivity contribution in [2.24, 2.45) is 0 Å². The van der Waals surface area contributed by atoms with E-state index in [4.69, 9.17) is 0 Å². The highest BCUT2D eigenvalue weighted by Crippen LogP contribution is 2.49. The van der Waals surface area contributed by atoms with E-state index in [1.54, 1.807) is 0 Å². The highest BCUT2D eigenvalue weighted by atomic mass is 31.2. The number of rotatable bonds is 2. The summed E-state index contributed by atoms with van der Waals surface area (Å²) in [7, 11) is -0.643. The maximum Gasteiger partial charge on any atom is 0.359 e. The first kappa shape index (κ1) is 11.6. The summed E-state index contributed by atoms with van der Waals surface area (Å²) in [5.74, 6) is 0.952. The van der Waals surface area contributed by atoms with Crippen LogP contribution in [0.15, 0.2) is 0 Å². The van der Waals surface area contributed by atoms with Crippen molar-refractivity contribution >= 4 is 14.1 Å². The molecule has 75 valence electrons. The predicted octanol–water partition coefficient (Wildman–Crippen LogP) is 4.05. The minimum atomic E-state index is -0.643. The zero-order valence-corrected chi connectivity index (χ0v) is 10.4. The van der Waals surface area contributed by atoms with Gasteiger partial charge in [-0.25, -0.2) is 0 Å². The molecule has 2 heteroatoms. The minimum absolute atomic E-state index is 0.643. The molecule has 0 aromatic heterocycles. The molecule has 0 heterocycles. The van der Waals surface area contributed by atoms with Crippen LogP contribution in [0.25, 0.3) is 0 Å². The highest BCUT2D eigenvalue weighted by Gasteiger charge is 2.28. The molecule has 0 atom stereocenters. The molecule has 0 unspecified atom stereocenters. The van der Waals surface area contributed by atoms with Crippen LogP contribution in [0.2, 0.25) is 5.82 Å². The van der Waals surface area contributed by atoms with Crippen molar-refractivity contribution in [3.63, 3.8) is 0 Å². The topological polar surface area (TPSA) is 0 Å². The number of hydrogen-bond acceptors (Lipinski definition) is 0. The Balaban J connectivity index is 2.29. The smallest absolute Gasteiger partial charge is 0.0536 e. The average molecular weight is 198 g/mol. The molecule has 0 aromatic rings. The van der Waals surface area contributed by atoms with Crippen LogP contribution in [0.1, 0.15) is 44.9 Å². The standard InChI is InChI=1S/C11H24BP/c1-13(2,3)12-11-9-7-5-4-6-8-10-11/h11H,4-10H2,1-3H3/q+1. The Kier molecular flexibility index (Phi) is 4.80. The second-order valence-corrected chi connectivity index (χ2v) is 9.90. The summed E-state index contributed by atoms with van der Waals surface area (Å²) < 4.78 is 0. The largest absolute Gasteiger partial charge is 0.359 e. The van der Waals surface area contributed by atoms with Gasteiger partial charge in [0.25, 0.3) is 0 Å². The minimum Gasteiger partial charge on any atom is -0.0536 e. The van der Waals surface area contributed by atoms with Gasteiger partial charge >= 0.3 is 7.00 Å². The summed E-state index contributed by atoms with van der Waals surface area (Å²) in [5.41, 5.74) is 0. The normalized spacial score (nSPS) is 22.1. The van der Waals surface area contributed by atoms with Crippen LogP contribution in [-0.2, 0) is 0 Å². The third-order valence-electron chi connectivity index (χ3n) is 2.81. The van der Waals surface area contributed by atoms with Gasteiger partial charge in [-0.05, 0) is 13.0 Å². The first-order valence-electron chi connectivity index (χ1n) is 5.75. The molecule has 0 saturated heterocycles. The maximum atomic E-state index is 2.69. The summed E-state index contributed by atoms with van der Waals surface area (Å²) in [6, 6.07) is 0. The summed E-state index contributed by atoms with van der Waals surface area (Å²) in [6.07, 6.45) is 10.3. The van der Waals surface area contributed by atoms with Crippen LogP contribution in [0.5, 0.6) is 0 Å². The lowest BCUT2D eigenvalue weighted by atomic mass is 9.76. The van der Waals surface area contributed by atoms with Crippen molar-refractivity contribution in [3.8, 4) is 0 Å². The fourth-order valence-electron chi connectivity index (χ4n) is 2.27. The summed E-state index contributed by atoms with van der Waals surface area (Å²) in [4.78, 5) is 0. The van der Waals surface area contributed by atoms with Crippen molar-refractivity contribution in [1.82, 2.24) is 0 Å². The van der Waals surface area contributed by atoms with Gasteiger partial charge in [-0.15, -0.1) is 0 Å². The van der Waals surface area contributed by atoms with Gasteiger partial charge in [-0.2, -0.15) is 0 Å². The maximum absolute atomic E-state index is 2.69. The first-order chi connectivity index (χ1) is 6.08. The summed E-state index contributed by atoms with van der Waals surface area (Å²) in [6.45, 7) is 10.0. The second kappa shape index (κ2) is 5.39. The SMILES string of the molecule is C[P+](C)(C)[B]C1CCCCCCC1. The zero-order chi connectivity index (χ0) is 9.73. The van der Waals surface area contributed by atoms with Crippen LogP contribution in [0.3, 0.4) is 0 Å². The molecule has 0 bridgehead atoms. The number of hydrogen-bond donors (Lipinski definition) is 0. The first-order valence-corrected chi connectivity index (χ1v) is 8.95. The van der Waals surface area contributed by atoms with E-state index in [-0.39, 0.29) is 0 Å². The van der Waals surface area contributed by atoms with Crippen molar-refractivity contribution < 1.29 is 0 Å². The molecular weight excluding hydrogens is 174 g/mol. The van der Waals surface area contributed by atoms with Gasteiger partial charge < -0.3 is 0 Å². The van der Waals surface area contributed by atoms with Crippen LogP contribution in [0, 0.1) is 0 Å². The molecule has 1 aliphatic rings. The Morgan fingerprint density at radius 3 is 1.77 bits per heavy atom. The second-order valence-electron chi connectivity index (χ2n) is 5.37. The quantitative estimate of drug-likeness (QED) is 0.463. The fraction of sp³-hybridized carbons (Fsp3) is 1.00. The van der Waals surface area contributed by atoms with Gasteiger partial charge in [0.15, 0.2) is 0 Å². The van der Waals surface area contributed by atoms with E-state index in [1.807, 2.05) is 0 Å². The lowest BCUT2D eigenvalue weighted by molar-refractivity contribution is 0.503. The van der Waals surface area contributed by atoms with E-state index in [1.165, 1.54) is 44.9 Å². The molecule has 1 aliphatic carbocycles. The molecule has 1 rings (SSSR count). The van der Waals surface area contributed by atoms with Crippen molar-refractivity contribution in [2.45, 2.75) is 50.8 Å². The van der Waals surface area contributed by atoms with E-state index in [9.17, 15) is 0 Å². The Morgan fingerprint density at radius 1 is 0.846 bits per heavy atom. The van der Waals surface area contributed by atoms with Gasteiger partial charge in [0.2, 0.25) is 0 Å². The summed E-state index contributed by atoms with van der Waals surface area (Å²) in [5, 5.41) is 0. The molecule has 1 fully saturated rings. The van der Waals surface area contributed by atoms with Crippen molar-refractivity contribution in [1.29, 1.82) is 0 Å². The van der Waals surface area contributed by atoms with Crippen LogP contribution >= 0.6 is 7.14 Å². The molecule has 0 amide bonds. The fourth-order valence-corrected chi connectivity index (χ4v) is 3.83. The van der Waals surface area contributed by atoms with E-state index in [0.717, 1.165) is 5.82 Å². The van der Waals surface area contributed by atoms with Gasteiger partial charge in [-0.1, -0.05) is 44.9 Å². The highest BCUT2D eigenvalue weighted by molar-refractivity contribution is 7.99. The molecule has 0 aliphatic heterocycles. The molecule has 0 spiro atoms. The third-order valence-corrected chi connectivity index (χ3v) is 4.12. The average Bonchev–Trinajstić information content (AvgIpc) is 1.92. The van der Waals surface area contributed by atoms with Crippen molar-refractivity contribution in [3.05, 3.63) is 0 Å². The predicted molar refractivity (Wildman–Crippen MR) is 66.5 cm³/mol. The van der Waals surface area contributed by atoms with Gasteiger partial charge in [0.1, 0.15) is 0 Å². The lowest BCUT2D eigenvalue weighted by Gasteiger charge is -2.20.